The number of nitrogens with zero attached hydrogens (tertiary/aromatic N) is 1. The molecular formula is C21H13BrN2O2S. The molecule has 2 aromatic carbocycles. The highest BCUT2D eigenvalue weighted by molar-refractivity contribution is 9.10. The molecule has 6 heteroatoms. The summed E-state index contributed by atoms with van der Waals surface area (Å²) in [7, 11) is 0. The van der Waals surface area contributed by atoms with E-state index in [2.05, 4.69) is 20.9 Å². The van der Waals surface area contributed by atoms with Crippen molar-refractivity contribution in [3.63, 3.8) is 0 Å². The monoisotopic (exact) mass is 436 g/mol. The first kappa shape index (κ1) is 17.7. The molecule has 2 heterocycles. The summed E-state index contributed by atoms with van der Waals surface area (Å²) < 4.78 is 6.91. The van der Waals surface area contributed by atoms with Gasteiger partial charge in [0.25, 0.3) is 0 Å². The lowest BCUT2D eigenvalue weighted by Crippen LogP contribution is -2.04. The van der Waals surface area contributed by atoms with E-state index in [1.807, 2.05) is 61.5 Å². The van der Waals surface area contributed by atoms with Gasteiger partial charge in [-0.25, -0.2) is 0 Å². The van der Waals surface area contributed by atoms with Gasteiger partial charge in [0.2, 0.25) is 5.78 Å². The minimum Gasteiger partial charge on any atom is -0.447 e. The molecule has 0 radical (unpaired) electrons. The number of nitrogens with one attached hydrogen (secondary N) is 1. The Labute approximate surface area is 168 Å². The Morgan fingerprint density at radius 2 is 1.93 bits per heavy atom. The molecule has 3 aromatic rings. The van der Waals surface area contributed by atoms with Gasteiger partial charge in [-0.3, -0.25) is 4.79 Å². The van der Waals surface area contributed by atoms with Gasteiger partial charge in [-0.15, -0.1) is 0 Å². The Hall–Kier alpha value is -2.75. The Kier molecular flexibility index (Phi) is 4.65. The number of ketones is 1. The normalized spacial score (nSPS) is 15.6. The summed E-state index contributed by atoms with van der Waals surface area (Å²) in [6.07, 6.45) is 1.64. The Morgan fingerprint density at radius 3 is 2.67 bits per heavy atom. The molecule has 27 heavy (non-hydrogen) atoms. The number of halogens is 1. The quantitative estimate of drug-likeness (QED) is 0.310. The van der Waals surface area contributed by atoms with Crippen LogP contribution in [0.4, 0.5) is 0 Å². The lowest BCUT2D eigenvalue weighted by molar-refractivity contribution is 0.103. The third-order valence-electron chi connectivity index (χ3n) is 4.24. The van der Waals surface area contributed by atoms with Gasteiger partial charge in [0.15, 0.2) is 5.09 Å². The molecule has 0 spiro atoms. The number of carbonyl (C=O) groups excluding carboxylic acids is 1. The zero-order chi connectivity index (χ0) is 19.0. The van der Waals surface area contributed by atoms with Crippen LogP contribution in [0.2, 0.25) is 0 Å². The van der Waals surface area contributed by atoms with E-state index in [0.29, 0.717) is 16.4 Å². The maximum Gasteiger partial charge on any atom is 0.210 e. The number of para-hydroxylation sites is 1. The summed E-state index contributed by atoms with van der Waals surface area (Å²) in [5, 5.41) is 10.8. The highest BCUT2D eigenvalue weighted by atomic mass is 79.9. The zero-order valence-corrected chi connectivity index (χ0v) is 16.6. The number of thioether (sulfide) groups is 1. The highest BCUT2D eigenvalue weighted by Crippen LogP contribution is 2.44. The second-order valence-electron chi connectivity index (χ2n) is 5.95. The first-order valence-electron chi connectivity index (χ1n) is 8.16. The smallest absolute Gasteiger partial charge is 0.210 e. The van der Waals surface area contributed by atoms with Gasteiger partial charge in [-0.1, -0.05) is 58.0 Å². The van der Waals surface area contributed by atoms with Gasteiger partial charge >= 0.3 is 0 Å². The van der Waals surface area contributed by atoms with Crippen molar-refractivity contribution in [2.75, 3.05) is 0 Å². The highest BCUT2D eigenvalue weighted by Gasteiger charge is 2.28. The topological polar surface area (TPSA) is 65.9 Å². The molecular weight excluding hydrogens is 424 g/mol. The first-order chi connectivity index (χ1) is 13.1. The summed E-state index contributed by atoms with van der Waals surface area (Å²) in [4.78, 5) is 17.0. The zero-order valence-electron chi connectivity index (χ0n) is 14.2. The minimum atomic E-state index is -0.345. The van der Waals surface area contributed by atoms with E-state index in [4.69, 9.17) is 4.74 Å². The fourth-order valence-electron chi connectivity index (χ4n) is 2.92. The van der Waals surface area contributed by atoms with Gasteiger partial charge in [0.05, 0.1) is 0 Å². The van der Waals surface area contributed by atoms with Crippen molar-refractivity contribution in [3.8, 4) is 6.07 Å². The van der Waals surface area contributed by atoms with Crippen molar-refractivity contribution < 1.29 is 9.53 Å². The van der Waals surface area contributed by atoms with Crippen LogP contribution in [0.25, 0.3) is 16.7 Å². The third-order valence-corrected chi connectivity index (χ3v) is 5.74. The van der Waals surface area contributed by atoms with Crippen LogP contribution in [0.5, 0.6) is 0 Å². The van der Waals surface area contributed by atoms with Crippen LogP contribution >= 0.6 is 27.7 Å². The lowest BCUT2D eigenvalue weighted by Gasteiger charge is -2.06. The van der Waals surface area contributed by atoms with Crippen LogP contribution in [0, 0.1) is 11.3 Å². The van der Waals surface area contributed by atoms with E-state index in [1.54, 1.807) is 6.20 Å². The molecule has 1 aromatic heterocycles. The van der Waals surface area contributed by atoms with E-state index >= 15 is 0 Å². The number of rotatable bonds is 3. The minimum absolute atomic E-state index is 0.0104. The van der Waals surface area contributed by atoms with Crippen molar-refractivity contribution in [1.29, 1.82) is 5.26 Å². The SMILES string of the molecule is CC1=C(c2ccc(Br)cc2)O/C(=C(\C#N)C(=O)c2c[nH]c3ccccc23)S1. The molecule has 4 rings (SSSR count). The van der Waals surface area contributed by atoms with Gasteiger partial charge in [-0.05, 0) is 25.1 Å². The van der Waals surface area contributed by atoms with E-state index in [9.17, 15) is 10.1 Å². The van der Waals surface area contributed by atoms with Crippen molar-refractivity contribution in [2.45, 2.75) is 6.92 Å². The number of fused-ring (bicyclic) bond motifs is 1. The van der Waals surface area contributed by atoms with Gasteiger partial charge in [-0.2, -0.15) is 5.26 Å². The van der Waals surface area contributed by atoms with Crippen LogP contribution in [-0.2, 0) is 4.74 Å². The molecule has 1 N–H and O–H groups in total. The Morgan fingerprint density at radius 1 is 1.19 bits per heavy atom. The molecule has 132 valence electrons. The standard InChI is InChI=1S/C21H13BrN2O2S/c1-12-20(13-6-8-14(22)9-7-13)26-21(27-12)16(10-23)19(25)17-11-24-18-5-3-2-4-15(17)18/h2-9,11,24H,1H3/b21-16-. The lowest BCUT2D eigenvalue weighted by atomic mass is 10.0. The molecule has 1 aliphatic heterocycles. The summed E-state index contributed by atoms with van der Waals surface area (Å²) >= 11 is 4.72. The van der Waals surface area contributed by atoms with Gasteiger partial charge in [0.1, 0.15) is 17.4 Å². The number of aromatic amines is 1. The number of aromatic nitrogens is 1. The maximum absolute atomic E-state index is 13.0. The maximum atomic E-state index is 13.0. The Balaban J connectivity index is 1.70. The summed E-state index contributed by atoms with van der Waals surface area (Å²) in [6, 6.07) is 17.3. The van der Waals surface area contributed by atoms with E-state index in [0.717, 1.165) is 25.8 Å². The number of hydrogen-bond donors (Lipinski definition) is 1. The van der Waals surface area contributed by atoms with Crippen LogP contribution in [0.15, 0.2) is 74.8 Å². The largest absolute Gasteiger partial charge is 0.447 e. The average molecular weight is 437 g/mol. The van der Waals surface area contributed by atoms with Crippen molar-refractivity contribution >= 4 is 50.1 Å². The number of allylic oxidation sites excluding steroid dienone is 2. The number of benzene rings is 2. The van der Waals surface area contributed by atoms with Crippen molar-refractivity contribution in [2.24, 2.45) is 0 Å². The van der Waals surface area contributed by atoms with Crippen molar-refractivity contribution in [1.82, 2.24) is 4.98 Å². The van der Waals surface area contributed by atoms with Crippen LogP contribution in [-0.4, -0.2) is 10.8 Å². The molecule has 0 unspecified atom stereocenters. The molecule has 0 atom stereocenters. The van der Waals surface area contributed by atoms with Gasteiger partial charge < -0.3 is 9.72 Å². The fourth-order valence-corrected chi connectivity index (χ4v) is 4.08. The predicted molar refractivity (Wildman–Crippen MR) is 111 cm³/mol. The summed E-state index contributed by atoms with van der Waals surface area (Å²) in [5.41, 5.74) is 2.23. The molecule has 0 fully saturated rings. The fraction of sp³-hybridized carbons (Fsp3) is 0.0476. The van der Waals surface area contributed by atoms with Crippen LogP contribution < -0.4 is 0 Å². The molecule has 1 aliphatic rings. The number of nitriles is 1. The molecule has 0 amide bonds. The second kappa shape index (κ2) is 7.10. The molecule has 0 saturated carbocycles. The molecule has 0 saturated heterocycles. The molecule has 0 bridgehead atoms. The van der Waals surface area contributed by atoms with E-state index in [1.165, 1.54) is 11.8 Å². The second-order valence-corrected chi connectivity index (χ2v) is 8.05. The summed E-state index contributed by atoms with van der Waals surface area (Å²) in [5.74, 6) is 0.323. The first-order valence-corrected chi connectivity index (χ1v) is 9.77. The summed E-state index contributed by atoms with van der Waals surface area (Å²) in [6.45, 7) is 1.92. The van der Waals surface area contributed by atoms with Gasteiger partial charge in [0, 0.05) is 37.6 Å². The van der Waals surface area contributed by atoms with E-state index in [-0.39, 0.29) is 11.4 Å². The van der Waals surface area contributed by atoms with Crippen LogP contribution in [0.3, 0.4) is 0 Å². The van der Waals surface area contributed by atoms with E-state index < -0.39 is 0 Å². The number of hydrogen-bond acceptors (Lipinski definition) is 4. The van der Waals surface area contributed by atoms with Crippen LogP contribution in [0.1, 0.15) is 22.8 Å². The number of H-pyrrole nitrogens is 1. The Bertz CT molecular complexity index is 1170. The predicted octanol–water partition coefficient (Wildman–Crippen LogP) is 6.00. The number of carbonyl (C=O) groups is 1. The average Bonchev–Trinajstić information content (AvgIpc) is 3.27. The molecule has 4 nitrogen and oxygen atoms in total. The molecule has 0 aliphatic carbocycles. The number of Topliss-reactive ketones (excluding diaryl/α,β-unsaturated/α-hetero) is 1. The van der Waals surface area contributed by atoms with Crippen molar-refractivity contribution in [3.05, 3.63) is 85.9 Å². The number of ether oxygens (including phenoxy) is 1. The third kappa shape index (κ3) is 3.20.